The van der Waals surface area contributed by atoms with Crippen LogP contribution in [0.15, 0.2) is 81.3 Å². The molecule has 2 bridgehead atoms. The van der Waals surface area contributed by atoms with Crippen molar-refractivity contribution >= 4 is 23.9 Å². The summed E-state index contributed by atoms with van der Waals surface area (Å²) in [4.78, 5) is 57.8. The van der Waals surface area contributed by atoms with Gasteiger partial charge in [0.15, 0.2) is 0 Å². The Morgan fingerprint density at radius 1 is 0.558 bits per heavy atom. The maximum atomic E-state index is 13.6. The summed E-state index contributed by atoms with van der Waals surface area (Å²) in [5.74, 6) is -3.24. The number of methoxy groups -OCH3 is 4. The number of hydrogen-bond acceptors (Lipinski definition) is 12. The summed E-state index contributed by atoms with van der Waals surface area (Å²) in [7, 11) is 4.82. The molecule has 2 fully saturated rings. The quantitative estimate of drug-likeness (QED) is 0.326. The Balaban J connectivity index is 2.17. The second kappa shape index (κ2) is 14.7. The van der Waals surface area contributed by atoms with Crippen molar-refractivity contribution in [3.63, 3.8) is 0 Å². The molecule has 4 aliphatic rings. The lowest BCUT2D eigenvalue weighted by atomic mass is 9.91. The lowest BCUT2D eigenvalue weighted by molar-refractivity contribution is -0.139. The molecule has 0 N–H and O–H groups in total. The van der Waals surface area contributed by atoms with E-state index >= 15 is 0 Å². The van der Waals surface area contributed by atoms with E-state index in [4.69, 9.17) is 28.4 Å². The van der Waals surface area contributed by atoms with E-state index in [9.17, 15) is 19.2 Å². The van der Waals surface area contributed by atoms with Crippen LogP contribution < -0.4 is 0 Å². The van der Waals surface area contributed by atoms with Crippen LogP contribution in [0.1, 0.15) is 6.42 Å². The standard InChI is InChI=1S/C31H36N2O10/c1-38-28(34)22-9-10-23(29(35)39-2)25(31(37)41-4)27(33-13-17-43-18-14-33)21-8-6-5-7-20(19-21)26(24(22)30(36)40-3)32-11-15-42-16-12-32/h5-10H,11-19H2,1-4H3. The number of carbonyl (C=O) groups is 4. The molecule has 2 heterocycles. The average Bonchev–Trinajstić information content (AvgIpc) is 3.31. The molecule has 43 heavy (non-hydrogen) atoms. The molecule has 0 unspecified atom stereocenters. The first kappa shape index (κ1) is 31.5. The van der Waals surface area contributed by atoms with Crippen LogP contribution in [0.25, 0.3) is 0 Å². The van der Waals surface area contributed by atoms with E-state index in [1.807, 2.05) is 34.1 Å². The third-order valence-corrected chi connectivity index (χ3v) is 7.37. The highest BCUT2D eigenvalue weighted by molar-refractivity contribution is 6.10. The number of ether oxygens (including phenoxy) is 6. The predicted molar refractivity (Wildman–Crippen MR) is 153 cm³/mol. The van der Waals surface area contributed by atoms with Crippen LogP contribution in [0.2, 0.25) is 0 Å². The second-order valence-electron chi connectivity index (χ2n) is 9.72. The topological polar surface area (TPSA) is 130 Å². The molecular weight excluding hydrogens is 560 g/mol. The highest BCUT2D eigenvalue weighted by Gasteiger charge is 2.36. The fourth-order valence-electron chi connectivity index (χ4n) is 5.38. The van der Waals surface area contributed by atoms with Gasteiger partial charge >= 0.3 is 23.9 Å². The molecule has 12 nitrogen and oxygen atoms in total. The van der Waals surface area contributed by atoms with Crippen molar-refractivity contribution in [3.8, 4) is 0 Å². The van der Waals surface area contributed by atoms with Gasteiger partial charge in [0.05, 0.1) is 88.6 Å². The summed E-state index contributed by atoms with van der Waals surface area (Å²) in [6.07, 6.45) is 10.1. The van der Waals surface area contributed by atoms with E-state index in [2.05, 4.69) is 0 Å². The van der Waals surface area contributed by atoms with E-state index < -0.39 is 23.9 Å². The highest BCUT2D eigenvalue weighted by Crippen LogP contribution is 2.38. The number of hydrogen-bond donors (Lipinski definition) is 0. The number of esters is 4. The number of carbonyl (C=O) groups excluding carboxylic acids is 4. The zero-order valence-electron chi connectivity index (χ0n) is 24.8. The fourth-order valence-corrected chi connectivity index (χ4v) is 5.38. The van der Waals surface area contributed by atoms with Crippen molar-refractivity contribution in [3.05, 3.63) is 81.3 Å². The largest absolute Gasteiger partial charge is 0.465 e. The molecule has 0 aromatic rings. The van der Waals surface area contributed by atoms with Crippen LogP contribution in [0.4, 0.5) is 0 Å². The Kier molecular flexibility index (Phi) is 10.7. The Hall–Kier alpha value is -4.42. The maximum absolute atomic E-state index is 13.6. The molecule has 0 aromatic carbocycles. The van der Waals surface area contributed by atoms with Gasteiger partial charge in [0.2, 0.25) is 0 Å². The molecular formula is C31H36N2O10. The molecule has 0 spiro atoms. The minimum Gasteiger partial charge on any atom is -0.465 e. The molecule has 4 rings (SSSR count). The van der Waals surface area contributed by atoms with Gasteiger partial charge in [-0.3, -0.25) is 0 Å². The smallest absolute Gasteiger partial charge is 0.340 e. The lowest BCUT2D eigenvalue weighted by Gasteiger charge is -2.36. The first-order valence-corrected chi connectivity index (χ1v) is 13.8. The molecule has 0 aromatic heterocycles. The van der Waals surface area contributed by atoms with Gasteiger partial charge in [0, 0.05) is 32.6 Å². The summed E-state index contributed by atoms with van der Waals surface area (Å²) in [5.41, 5.74) is 1.83. The van der Waals surface area contributed by atoms with Crippen LogP contribution in [0.5, 0.6) is 0 Å². The zero-order chi connectivity index (χ0) is 30.9. The summed E-state index contributed by atoms with van der Waals surface area (Å²) in [6, 6.07) is 0. The van der Waals surface area contributed by atoms with E-state index in [1.54, 1.807) is 0 Å². The molecule has 2 aliphatic heterocycles. The molecule has 12 heteroatoms. The van der Waals surface area contributed by atoms with Gasteiger partial charge in [-0.05, 0) is 23.3 Å². The molecule has 230 valence electrons. The van der Waals surface area contributed by atoms with Gasteiger partial charge in [-0.2, -0.15) is 0 Å². The SMILES string of the molecule is COC(=O)C1=CC=C(C(=O)OC)C(C(=O)OC)=C(N2CCOCC2)C2=CC=CC=C(C2)C(N2CCOCC2)=C1C(=O)OC. The van der Waals surface area contributed by atoms with Gasteiger partial charge in [-0.25, -0.2) is 19.2 Å². The summed E-state index contributed by atoms with van der Waals surface area (Å²) < 4.78 is 31.8. The lowest BCUT2D eigenvalue weighted by Crippen LogP contribution is -2.39. The minimum atomic E-state index is -0.844. The van der Waals surface area contributed by atoms with E-state index in [0.717, 1.165) is 0 Å². The first-order chi connectivity index (χ1) is 20.9. The van der Waals surface area contributed by atoms with Crippen LogP contribution in [-0.4, -0.2) is 115 Å². The van der Waals surface area contributed by atoms with Gasteiger partial charge in [0.25, 0.3) is 0 Å². The number of rotatable bonds is 6. The van der Waals surface area contributed by atoms with E-state index in [-0.39, 0.29) is 28.7 Å². The Labute approximate surface area is 250 Å². The van der Waals surface area contributed by atoms with Gasteiger partial charge in [-0.1, -0.05) is 24.3 Å². The number of allylic oxidation sites excluding steroid dienone is 8. The minimum absolute atomic E-state index is 0.0490. The number of nitrogens with zero attached hydrogens (tertiary/aromatic N) is 2. The zero-order valence-corrected chi connectivity index (χ0v) is 24.8. The molecule has 2 aliphatic carbocycles. The predicted octanol–water partition coefficient (Wildman–Crippen LogP) is 1.53. The third kappa shape index (κ3) is 6.81. The van der Waals surface area contributed by atoms with Crippen LogP contribution >= 0.6 is 0 Å². The van der Waals surface area contributed by atoms with Crippen molar-refractivity contribution in [2.75, 3.05) is 81.0 Å². The molecule has 0 amide bonds. The Bertz CT molecular complexity index is 1260. The van der Waals surface area contributed by atoms with Gasteiger partial charge in [-0.15, -0.1) is 0 Å². The van der Waals surface area contributed by atoms with Crippen molar-refractivity contribution in [2.24, 2.45) is 0 Å². The Morgan fingerprint density at radius 2 is 0.907 bits per heavy atom. The third-order valence-electron chi connectivity index (χ3n) is 7.37. The van der Waals surface area contributed by atoms with Crippen molar-refractivity contribution in [1.82, 2.24) is 9.80 Å². The van der Waals surface area contributed by atoms with Crippen LogP contribution in [0, 0.1) is 0 Å². The second-order valence-corrected chi connectivity index (χ2v) is 9.72. The van der Waals surface area contributed by atoms with Crippen molar-refractivity contribution < 1.29 is 47.6 Å². The average molecular weight is 597 g/mol. The van der Waals surface area contributed by atoms with Crippen molar-refractivity contribution in [1.29, 1.82) is 0 Å². The summed E-state index contributed by atoms with van der Waals surface area (Å²) in [6.45, 7) is 3.36. The summed E-state index contributed by atoms with van der Waals surface area (Å²) >= 11 is 0. The molecule has 0 atom stereocenters. The van der Waals surface area contributed by atoms with Gasteiger partial charge in [0.1, 0.15) is 0 Å². The van der Waals surface area contributed by atoms with Crippen LogP contribution in [-0.2, 0) is 47.6 Å². The van der Waals surface area contributed by atoms with Gasteiger partial charge < -0.3 is 38.2 Å². The van der Waals surface area contributed by atoms with Crippen LogP contribution in [0.3, 0.4) is 0 Å². The van der Waals surface area contributed by atoms with E-state index in [0.29, 0.717) is 75.1 Å². The van der Waals surface area contributed by atoms with Crippen molar-refractivity contribution in [2.45, 2.75) is 6.42 Å². The fraction of sp³-hybridized carbons (Fsp3) is 0.419. The molecule has 0 saturated carbocycles. The highest BCUT2D eigenvalue weighted by atomic mass is 16.5. The maximum Gasteiger partial charge on any atom is 0.340 e. The van der Waals surface area contributed by atoms with E-state index in [1.165, 1.54) is 40.6 Å². The first-order valence-electron chi connectivity index (χ1n) is 13.8. The normalized spacial score (nSPS) is 19.6. The summed E-state index contributed by atoms with van der Waals surface area (Å²) in [5, 5.41) is 0. The molecule has 2 saturated heterocycles. The Morgan fingerprint density at radius 3 is 1.23 bits per heavy atom. The molecule has 0 radical (unpaired) electrons. The number of morpholine rings is 2. The number of fused-ring (bicyclic) bond motifs is 2. The monoisotopic (exact) mass is 596 g/mol.